The highest BCUT2D eigenvalue weighted by molar-refractivity contribution is 5.99. The lowest BCUT2D eigenvalue weighted by atomic mass is 9.85. The molecule has 0 spiro atoms. The van der Waals surface area contributed by atoms with Crippen molar-refractivity contribution in [3.05, 3.63) is 35.4 Å². The summed E-state index contributed by atoms with van der Waals surface area (Å²) in [4.78, 5) is 16.9. The number of carbonyl (C=O) groups is 1. The zero-order valence-corrected chi connectivity index (χ0v) is 13.3. The number of hydrogen-bond donors (Lipinski definition) is 0. The number of aryl methyl sites for hydroxylation is 1. The second-order valence-corrected chi connectivity index (χ2v) is 6.06. The van der Waals surface area contributed by atoms with Crippen LogP contribution < -0.4 is 0 Å². The standard InChI is InChI=1S/C17H23NO3/c1-11(2)10-17(16(19)20-5)13(4)21-15(18-17)14-8-6-12(3)7-9-14/h6-9,11,13H,10H2,1-5H3. The van der Waals surface area contributed by atoms with Crippen LogP contribution in [0.3, 0.4) is 0 Å². The number of esters is 1. The highest BCUT2D eigenvalue weighted by Crippen LogP contribution is 2.35. The highest BCUT2D eigenvalue weighted by Gasteiger charge is 2.51. The van der Waals surface area contributed by atoms with E-state index in [4.69, 9.17) is 9.47 Å². The molecule has 0 amide bonds. The molecule has 1 aliphatic rings. The minimum atomic E-state index is -0.941. The third-order valence-electron chi connectivity index (χ3n) is 3.82. The van der Waals surface area contributed by atoms with Gasteiger partial charge in [-0.3, -0.25) is 0 Å². The molecule has 0 aliphatic carbocycles. The van der Waals surface area contributed by atoms with Crippen LogP contribution in [0, 0.1) is 12.8 Å². The summed E-state index contributed by atoms with van der Waals surface area (Å²) in [5.74, 6) is 0.510. The van der Waals surface area contributed by atoms with Crippen LogP contribution in [-0.2, 0) is 14.3 Å². The first kappa shape index (κ1) is 15.5. The highest BCUT2D eigenvalue weighted by atomic mass is 16.5. The Hall–Kier alpha value is -1.84. The first-order chi connectivity index (χ1) is 9.89. The summed E-state index contributed by atoms with van der Waals surface area (Å²) in [5, 5.41) is 0. The fourth-order valence-electron chi connectivity index (χ4n) is 2.70. The van der Waals surface area contributed by atoms with Gasteiger partial charge in [0, 0.05) is 5.56 Å². The summed E-state index contributed by atoms with van der Waals surface area (Å²) < 4.78 is 10.9. The summed E-state index contributed by atoms with van der Waals surface area (Å²) in [6.07, 6.45) is 0.277. The number of nitrogens with zero attached hydrogens (tertiary/aromatic N) is 1. The molecule has 1 aromatic rings. The van der Waals surface area contributed by atoms with Crippen LogP contribution in [0.5, 0.6) is 0 Å². The van der Waals surface area contributed by atoms with Gasteiger partial charge in [-0.2, -0.15) is 0 Å². The van der Waals surface area contributed by atoms with E-state index in [2.05, 4.69) is 18.8 Å². The molecule has 114 valence electrons. The van der Waals surface area contributed by atoms with E-state index in [0.29, 0.717) is 18.2 Å². The molecule has 21 heavy (non-hydrogen) atoms. The number of rotatable bonds is 4. The second-order valence-electron chi connectivity index (χ2n) is 6.06. The van der Waals surface area contributed by atoms with Gasteiger partial charge in [0.2, 0.25) is 5.90 Å². The van der Waals surface area contributed by atoms with Crippen LogP contribution in [0.15, 0.2) is 29.3 Å². The van der Waals surface area contributed by atoms with Gasteiger partial charge in [-0.05, 0) is 38.3 Å². The predicted molar refractivity (Wildman–Crippen MR) is 82.5 cm³/mol. The summed E-state index contributed by atoms with van der Waals surface area (Å²) in [5.41, 5.74) is 1.12. The van der Waals surface area contributed by atoms with Crippen molar-refractivity contribution in [3.63, 3.8) is 0 Å². The SMILES string of the molecule is COC(=O)C1(CC(C)C)N=C(c2ccc(C)cc2)OC1C. The van der Waals surface area contributed by atoms with E-state index in [-0.39, 0.29) is 12.1 Å². The van der Waals surface area contributed by atoms with Gasteiger partial charge in [0.1, 0.15) is 6.10 Å². The summed E-state index contributed by atoms with van der Waals surface area (Å²) in [6, 6.07) is 7.94. The molecule has 2 atom stereocenters. The van der Waals surface area contributed by atoms with Gasteiger partial charge < -0.3 is 9.47 Å². The van der Waals surface area contributed by atoms with Gasteiger partial charge in [-0.1, -0.05) is 31.5 Å². The molecule has 0 saturated heterocycles. The predicted octanol–water partition coefficient (Wildman–Crippen LogP) is 3.12. The molecule has 1 aliphatic heterocycles. The number of aliphatic imine (C=N–C) groups is 1. The summed E-state index contributed by atoms with van der Waals surface area (Å²) in [6.45, 7) is 8.04. The maximum absolute atomic E-state index is 12.3. The molecule has 2 unspecified atom stereocenters. The summed E-state index contributed by atoms with van der Waals surface area (Å²) >= 11 is 0. The van der Waals surface area contributed by atoms with E-state index in [9.17, 15) is 4.79 Å². The van der Waals surface area contributed by atoms with E-state index in [0.717, 1.165) is 5.56 Å². The van der Waals surface area contributed by atoms with Crippen LogP contribution in [0.4, 0.5) is 0 Å². The maximum Gasteiger partial charge on any atom is 0.337 e. The Labute approximate surface area is 126 Å². The zero-order chi connectivity index (χ0) is 15.6. The quantitative estimate of drug-likeness (QED) is 0.800. The second kappa shape index (κ2) is 5.88. The molecule has 4 heteroatoms. The molecule has 0 bridgehead atoms. The van der Waals surface area contributed by atoms with Gasteiger partial charge >= 0.3 is 5.97 Å². The third-order valence-corrected chi connectivity index (χ3v) is 3.82. The Morgan fingerprint density at radius 1 is 1.38 bits per heavy atom. The number of carbonyl (C=O) groups excluding carboxylic acids is 1. The molecular weight excluding hydrogens is 266 g/mol. The lowest BCUT2D eigenvalue weighted by Gasteiger charge is -2.27. The van der Waals surface area contributed by atoms with Crippen LogP contribution in [0.2, 0.25) is 0 Å². The fourth-order valence-corrected chi connectivity index (χ4v) is 2.70. The molecule has 0 aromatic heterocycles. The lowest BCUT2D eigenvalue weighted by Crippen LogP contribution is -2.46. The van der Waals surface area contributed by atoms with Gasteiger partial charge in [-0.25, -0.2) is 9.79 Å². The van der Waals surface area contributed by atoms with E-state index in [1.54, 1.807) is 0 Å². The molecular formula is C17H23NO3. The van der Waals surface area contributed by atoms with Gasteiger partial charge in [0.25, 0.3) is 0 Å². The molecule has 0 N–H and O–H groups in total. The number of benzene rings is 1. The third kappa shape index (κ3) is 2.94. The van der Waals surface area contributed by atoms with Crippen molar-refractivity contribution in [2.24, 2.45) is 10.9 Å². The summed E-state index contributed by atoms with van der Waals surface area (Å²) in [7, 11) is 1.40. The number of hydrogen-bond acceptors (Lipinski definition) is 4. The van der Waals surface area contributed by atoms with Crippen molar-refractivity contribution >= 4 is 11.9 Å². The van der Waals surface area contributed by atoms with Crippen LogP contribution >= 0.6 is 0 Å². The molecule has 0 fully saturated rings. The average Bonchev–Trinajstić information content (AvgIpc) is 2.76. The minimum absolute atomic E-state index is 0.316. The van der Waals surface area contributed by atoms with E-state index < -0.39 is 5.54 Å². The fraction of sp³-hybridized carbons (Fsp3) is 0.529. The van der Waals surface area contributed by atoms with E-state index >= 15 is 0 Å². The Morgan fingerprint density at radius 3 is 2.52 bits per heavy atom. The number of ether oxygens (including phenoxy) is 2. The van der Waals surface area contributed by atoms with Gasteiger partial charge in [-0.15, -0.1) is 0 Å². The van der Waals surface area contributed by atoms with Gasteiger partial charge in [0.05, 0.1) is 7.11 Å². The molecule has 0 saturated carbocycles. The van der Waals surface area contributed by atoms with Crippen molar-refractivity contribution in [1.82, 2.24) is 0 Å². The first-order valence-electron chi connectivity index (χ1n) is 7.31. The Bertz CT molecular complexity index is 548. The van der Waals surface area contributed by atoms with Gasteiger partial charge in [0.15, 0.2) is 5.54 Å². The van der Waals surface area contributed by atoms with Crippen molar-refractivity contribution < 1.29 is 14.3 Å². The smallest absolute Gasteiger partial charge is 0.337 e. The molecule has 4 nitrogen and oxygen atoms in total. The minimum Gasteiger partial charge on any atom is -0.471 e. The maximum atomic E-state index is 12.3. The van der Waals surface area contributed by atoms with Crippen LogP contribution in [-0.4, -0.2) is 30.6 Å². The Balaban J connectivity index is 2.41. The molecule has 1 heterocycles. The van der Waals surface area contributed by atoms with Crippen molar-refractivity contribution in [3.8, 4) is 0 Å². The van der Waals surface area contributed by atoms with Crippen molar-refractivity contribution in [2.75, 3.05) is 7.11 Å². The average molecular weight is 289 g/mol. The first-order valence-corrected chi connectivity index (χ1v) is 7.31. The number of methoxy groups -OCH3 is 1. The largest absolute Gasteiger partial charge is 0.471 e. The normalized spacial score (nSPS) is 24.7. The Morgan fingerprint density at radius 2 is 2.00 bits per heavy atom. The van der Waals surface area contributed by atoms with Crippen LogP contribution in [0.25, 0.3) is 0 Å². The van der Waals surface area contributed by atoms with E-state index in [1.165, 1.54) is 12.7 Å². The van der Waals surface area contributed by atoms with Crippen LogP contribution in [0.1, 0.15) is 38.3 Å². The Kier molecular flexibility index (Phi) is 4.35. The molecule has 0 radical (unpaired) electrons. The monoisotopic (exact) mass is 289 g/mol. The molecule has 2 rings (SSSR count). The zero-order valence-electron chi connectivity index (χ0n) is 13.3. The van der Waals surface area contributed by atoms with Crippen molar-refractivity contribution in [1.29, 1.82) is 0 Å². The topological polar surface area (TPSA) is 47.9 Å². The molecule has 1 aromatic carbocycles. The lowest BCUT2D eigenvalue weighted by molar-refractivity contribution is -0.150. The van der Waals surface area contributed by atoms with Crippen molar-refractivity contribution in [2.45, 2.75) is 45.8 Å². The van der Waals surface area contributed by atoms with E-state index in [1.807, 2.05) is 38.1 Å².